The Morgan fingerprint density at radius 2 is 2.16 bits per heavy atom. The third kappa shape index (κ3) is 3.25. The van der Waals surface area contributed by atoms with Gasteiger partial charge in [0.2, 0.25) is 0 Å². The highest BCUT2D eigenvalue weighted by Gasteiger charge is 2.23. The van der Waals surface area contributed by atoms with Crippen LogP contribution in [0.1, 0.15) is 38.4 Å². The zero-order valence-electron chi connectivity index (χ0n) is 12.3. The van der Waals surface area contributed by atoms with E-state index in [2.05, 4.69) is 47.8 Å². The van der Waals surface area contributed by atoms with Crippen LogP contribution in [0.25, 0.3) is 0 Å². The lowest BCUT2D eigenvalue weighted by Gasteiger charge is -2.40. The minimum Gasteiger partial charge on any atom is -0.367 e. The van der Waals surface area contributed by atoms with Crippen molar-refractivity contribution >= 4 is 5.69 Å². The van der Waals surface area contributed by atoms with Crippen molar-refractivity contribution in [3.8, 4) is 0 Å². The van der Waals surface area contributed by atoms with Gasteiger partial charge in [-0.1, -0.05) is 13.8 Å². The van der Waals surface area contributed by atoms with Crippen molar-refractivity contribution in [2.75, 3.05) is 31.6 Å². The Balaban J connectivity index is 2.06. The maximum atomic E-state index is 6.00. The molecule has 0 radical (unpaired) electrons. The van der Waals surface area contributed by atoms with Crippen LogP contribution in [0.4, 0.5) is 5.69 Å². The molecule has 4 nitrogen and oxygen atoms in total. The molecule has 0 spiro atoms. The molecule has 1 fully saturated rings. The molecule has 1 aliphatic rings. The van der Waals surface area contributed by atoms with Crippen LogP contribution in [0.5, 0.6) is 0 Å². The first-order chi connectivity index (χ1) is 9.15. The van der Waals surface area contributed by atoms with Crippen molar-refractivity contribution in [2.45, 2.75) is 38.8 Å². The van der Waals surface area contributed by atoms with Gasteiger partial charge in [-0.15, -0.1) is 0 Å². The molecule has 2 atom stereocenters. The number of nitrogens with zero attached hydrogens (tertiary/aromatic N) is 3. The van der Waals surface area contributed by atoms with E-state index in [-0.39, 0.29) is 6.04 Å². The molecule has 2 heterocycles. The van der Waals surface area contributed by atoms with E-state index < -0.39 is 0 Å². The Morgan fingerprint density at radius 1 is 1.37 bits per heavy atom. The average Bonchev–Trinajstić information content (AvgIpc) is 2.47. The smallest absolute Gasteiger partial charge is 0.0572 e. The highest BCUT2D eigenvalue weighted by Crippen LogP contribution is 2.20. The molecular weight excluding hydrogens is 236 g/mol. The monoisotopic (exact) mass is 262 g/mol. The van der Waals surface area contributed by atoms with Crippen molar-refractivity contribution in [1.82, 2.24) is 9.88 Å². The Morgan fingerprint density at radius 3 is 2.74 bits per heavy atom. The van der Waals surface area contributed by atoms with Crippen molar-refractivity contribution in [3.05, 3.63) is 24.0 Å². The van der Waals surface area contributed by atoms with E-state index in [1.807, 2.05) is 6.20 Å². The van der Waals surface area contributed by atoms with Gasteiger partial charge in [-0.3, -0.25) is 9.88 Å². The van der Waals surface area contributed by atoms with Gasteiger partial charge in [-0.05, 0) is 32.0 Å². The van der Waals surface area contributed by atoms with Gasteiger partial charge < -0.3 is 10.6 Å². The van der Waals surface area contributed by atoms with Crippen molar-refractivity contribution in [3.63, 3.8) is 0 Å². The Hall–Kier alpha value is -1.13. The second-order valence-corrected chi connectivity index (χ2v) is 5.44. The maximum Gasteiger partial charge on any atom is 0.0572 e. The van der Waals surface area contributed by atoms with E-state index >= 15 is 0 Å². The molecule has 1 aliphatic heterocycles. The number of rotatable bonds is 4. The third-order valence-corrected chi connectivity index (χ3v) is 4.20. The van der Waals surface area contributed by atoms with E-state index in [4.69, 9.17) is 5.73 Å². The van der Waals surface area contributed by atoms with Crippen LogP contribution in [0.3, 0.4) is 0 Å². The lowest BCUT2D eigenvalue weighted by Crippen LogP contribution is -2.51. The minimum absolute atomic E-state index is 0.0601. The van der Waals surface area contributed by atoms with E-state index in [1.54, 1.807) is 0 Å². The normalized spacial score (nSPS) is 22.5. The van der Waals surface area contributed by atoms with E-state index in [9.17, 15) is 0 Å². The summed E-state index contributed by atoms with van der Waals surface area (Å²) in [6.07, 6.45) is 4.10. The van der Waals surface area contributed by atoms with E-state index in [0.29, 0.717) is 6.04 Å². The van der Waals surface area contributed by atoms with E-state index in [0.717, 1.165) is 31.7 Å². The molecule has 1 aromatic heterocycles. The number of anilines is 1. The molecule has 2 rings (SSSR count). The summed E-state index contributed by atoms with van der Waals surface area (Å²) in [5.74, 6) is 0. The lowest BCUT2D eigenvalue weighted by atomic mass is 10.1. The molecule has 0 amide bonds. The maximum absolute atomic E-state index is 6.00. The Labute approximate surface area is 116 Å². The zero-order valence-corrected chi connectivity index (χ0v) is 12.3. The molecule has 1 aromatic rings. The first-order valence-electron chi connectivity index (χ1n) is 7.32. The summed E-state index contributed by atoms with van der Waals surface area (Å²) >= 11 is 0. The number of hydrogen-bond acceptors (Lipinski definition) is 4. The van der Waals surface area contributed by atoms with Crippen molar-refractivity contribution < 1.29 is 0 Å². The van der Waals surface area contributed by atoms with Gasteiger partial charge in [0.15, 0.2) is 0 Å². The second kappa shape index (κ2) is 6.35. The third-order valence-electron chi connectivity index (χ3n) is 4.20. The van der Waals surface area contributed by atoms with Crippen molar-refractivity contribution in [2.24, 2.45) is 5.73 Å². The largest absolute Gasteiger partial charge is 0.367 e. The van der Waals surface area contributed by atoms with Gasteiger partial charge in [0.1, 0.15) is 0 Å². The summed E-state index contributed by atoms with van der Waals surface area (Å²) in [4.78, 5) is 9.40. The van der Waals surface area contributed by atoms with Gasteiger partial charge in [-0.2, -0.15) is 0 Å². The minimum atomic E-state index is 0.0601. The fourth-order valence-corrected chi connectivity index (χ4v) is 2.63. The topological polar surface area (TPSA) is 45.4 Å². The molecular formula is C15H26N4. The van der Waals surface area contributed by atoms with Crippen LogP contribution in [-0.2, 0) is 0 Å². The SMILES string of the molecule is CCC1CN(c2ccc([C@@H](N)CC)nc2)CCN1C. The van der Waals surface area contributed by atoms with Gasteiger partial charge >= 0.3 is 0 Å². The van der Waals surface area contributed by atoms with Crippen LogP contribution in [0.15, 0.2) is 18.3 Å². The summed E-state index contributed by atoms with van der Waals surface area (Å²) in [5.41, 5.74) is 8.22. The first kappa shape index (κ1) is 14.3. The molecule has 0 aromatic carbocycles. The molecule has 0 saturated carbocycles. The van der Waals surface area contributed by atoms with Crippen LogP contribution in [0, 0.1) is 0 Å². The molecule has 1 unspecified atom stereocenters. The fourth-order valence-electron chi connectivity index (χ4n) is 2.63. The summed E-state index contributed by atoms with van der Waals surface area (Å²) in [6.45, 7) is 7.63. The number of hydrogen-bond donors (Lipinski definition) is 1. The number of nitrogens with two attached hydrogens (primary N) is 1. The number of likely N-dealkylation sites (N-methyl/N-ethyl adjacent to an activating group) is 1. The van der Waals surface area contributed by atoms with Crippen LogP contribution in [0.2, 0.25) is 0 Å². The quantitative estimate of drug-likeness (QED) is 0.902. The van der Waals surface area contributed by atoms with Crippen molar-refractivity contribution in [1.29, 1.82) is 0 Å². The molecule has 19 heavy (non-hydrogen) atoms. The van der Waals surface area contributed by atoms with Crippen LogP contribution < -0.4 is 10.6 Å². The Bertz CT molecular complexity index is 390. The molecule has 106 valence electrons. The predicted molar refractivity (Wildman–Crippen MR) is 80.4 cm³/mol. The standard InChI is InChI=1S/C15H26N4/c1-4-12-11-19(9-8-18(12)3)13-6-7-15(17-10-13)14(16)5-2/h6-7,10,12,14H,4-5,8-9,11,16H2,1-3H3/t12?,14-/m0/s1. The Kier molecular flexibility index (Phi) is 4.77. The van der Waals surface area contributed by atoms with Gasteiger partial charge in [0, 0.05) is 31.7 Å². The van der Waals surface area contributed by atoms with E-state index in [1.165, 1.54) is 12.1 Å². The fraction of sp³-hybridized carbons (Fsp3) is 0.667. The summed E-state index contributed by atoms with van der Waals surface area (Å²) in [7, 11) is 2.22. The summed E-state index contributed by atoms with van der Waals surface area (Å²) in [5, 5.41) is 0. The number of aromatic nitrogens is 1. The van der Waals surface area contributed by atoms with Gasteiger partial charge in [-0.25, -0.2) is 0 Å². The summed E-state index contributed by atoms with van der Waals surface area (Å²) < 4.78 is 0. The predicted octanol–water partition coefficient (Wildman–Crippen LogP) is 2.02. The van der Waals surface area contributed by atoms with Gasteiger partial charge in [0.05, 0.1) is 17.6 Å². The van der Waals surface area contributed by atoms with Crippen LogP contribution in [-0.4, -0.2) is 42.6 Å². The molecule has 1 saturated heterocycles. The first-order valence-corrected chi connectivity index (χ1v) is 7.32. The molecule has 0 bridgehead atoms. The summed E-state index contributed by atoms with van der Waals surface area (Å²) in [6, 6.07) is 4.94. The molecule has 0 aliphatic carbocycles. The second-order valence-electron chi connectivity index (χ2n) is 5.44. The zero-order chi connectivity index (χ0) is 13.8. The highest BCUT2D eigenvalue weighted by molar-refractivity contribution is 5.45. The number of pyridine rings is 1. The average molecular weight is 262 g/mol. The number of piperazine rings is 1. The molecule has 2 N–H and O–H groups in total. The molecule has 4 heteroatoms. The lowest BCUT2D eigenvalue weighted by molar-refractivity contribution is 0.213. The van der Waals surface area contributed by atoms with Crippen LogP contribution >= 0.6 is 0 Å². The highest BCUT2D eigenvalue weighted by atomic mass is 15.3. The van der Waals surface area contributed by atoms with Gasteiger partial charge in [0.25, 0.3) is 0 Å².